The lowest BCUT2D eigenvalue weighted by Gasteiger charge is -2.06. The van der Waals surface area contributed by atoms with Crippen LogP contribution in [0.4, 0.5) is 4.39 Å². The zero-order valence-electron chi connectivity index (χ0n) is 17.8. The Morgan fingerprint density at radius 2 is 1.47 bits per heavy atom. The fourth-order valence-electron chi connectivity index (χ4n) is 3.57. The van der Waals surface area contributed by atoms with Crippen molar-refractivity contribution in [3.63, 3.8) is 0 Å². The Morgan fingerprint density at radius 3 is 2.26 bits per heavy atom. The van der Waals surface area contributed by atoms with E-state index < -0.39 is 11.1 Å². The number of fused-ring (bicyclic) bond motifs is 1. The molecule has 0 fully saturated rings. The molecule has 0 saturated carbocycles. The molecule has 0 radical (unpaired) electrons. The molecule has 34 heavy (non-hydrogen) atoms. The topological polar surface area (TPSA) is 87.8 Å². The molecule has 5 rings (SSSR count). The second kappa shape index (κ2) is 8.99. The van der Waals surface area contributed by atoms with Crippen LogP contribution in [0.3, 0.4) is 0 Å². The van der Waals surface area contributed by atoms with Gasteiger partial charge in [0, 0.05) is 17.1 Å². The van der Waals surface area contributed by atoms with Crippen LogP contribution < -0.4 is 26.6 Å². The summed E-state index contributed by atoms with van der Waals surface area (Å²) in [6.45, 7) is 0. The van der Waals surface area contributed by atoms with Crippen molar-refractivity contribution in [2.24, 2.45) is 0 Å². The van der Waals surface area contributed by atoms with E-state index in [1.165, 1.54) is 24.3 Å². The zero-order chi connectivity index (χ0) is 23.5. The number of halogens is 1. The number of H-pyrrole nitrogens is 2. The first-order chi connectivity index (χ1) is 16.5. The third kappa shape index (κ3) is 4.54. The minimum absolute atomic E-state index is 0.108. The molecule has 0 aliphatic rings. The number of ether oxygens (including phenoxy) is 1. The van der Waals surface area contributed by atoms with Gasteiger partial charge in [-0.2, -0.15) is 0 Å². The van der Waals surface area contributed by atoms with E-state index in [2.05, 4.69) is 15.0 Å². The maximum absolute atomic E-state index is 13.1. The maximum Gasteiger partial charge on any atom is 0.272 e. The van der Waals surface area contributed by atoms with E-state index in [0.717, 1.165) is 16.5 Å². The minimum atomic E-state index is -0.441. The molecule has 0 aliphatic heterocycles. The van der Waals surface area contributed by atoms with E-state index in [1.54, 1.807) is 42.6 Å². The van der Waals surface area contributed by atoms with Crippen LogP contribution in [0.5, 0.6) is 11.5 Å². The van der Waals surface area contributed by atoms with E-state index >= 15 is 0 Å². The lowest BCUT2D eigenvalue weighted by atomic mass is 10.1. The van der Waals surface area contributed by atoms with Gasteiger partial charge in [-0.1, -0.05) is 36.4 Å². The average molecular weight is 451 g/mol. The maximum atomic E-state index is 13.1. The van der Waals surface area contributed by atoms with E-state index in [4.69, 9.17) is 4.74 Å². The number of para-hydroxylation sites is 1. The molecule has 166 valence electrons. The fraction of sp³-hybridized carbons (Fsp3) is 0. The number of rotatable bonds is 4. The summed E-state index contributed by atoms with van der Waals surface area (Å²) in [7, 11) is 0. The van der Waals surface area contributed by atoms with Crippen molar-refractivity contribution in [2.75, 3.05) is 0 Å². The number of benzene rings is 3. The number of nitrogens with zero attached hydrogens (tertiary/aromatic N) is 1. The lowest BCUT2D eigenvalue weighted by molar-refractivity contribution is 0.480. The van der Waals surface area contributed by atoms with Crippen LogP contribution in [0.25, 0.3) is 23.1 Å². The molecule has 7 heteroatoms. The summed E-state index contributed by atoms with van der Waals surface area (Å²) in [4.78, 5) is 35.1. The standard InChI is InChI=1S/C27H18FN3O3/c28-20-9-11-21(12-10-20)34-22-8-1-4-17(14-22)15-23-26(32)31-24(27(33)30-23)16-19-6-2-5-18-7-3-13-29-25(18)19/h1-16H,(H,30,33)(H,31,32)/b23-15-,24-16-. The highest BCUT2D eigenvalue weighted by Crippen LogP contribution is 2.22. The van der Waals surface area contributed by atoms with E-state index in [1.807, 2.05) is 30.3 Å². The predicted octanol–water partition coefficient (Wildman–Crippen LogP) is 3.20. The molecule has 0 aliphatic carbocycles. The molecule has 0 saturated heterocycles. The van der Waals surface area contributed by atoms with Gasteiger partial charge in [0.25, 0.3) is 11.1 Å². The number of aromatic amines is 2. The summed E-state index contributed by atoms with van der Waals surface area (Å²) >= 11 is 0. The molecule has 0 spiro atoms. The minimum Gasteiger partial charge on any atom is -0.457 e. The molecule has 0 atom stereocenters. The summed E-state index contributed by atoms with van der Waals surface area (Å²) in [5.41, 5.74) is 1.23. The van der Waals surface area contributed by atoms with E-state index in [9.17, 15) is 14.0 Å². The number of nitrogens with one attached hydrogen (secondary N) is 2. The number of hydrogen-bond donors (Lipinski definition) is 2. The Balaban J connectivity index is 1.51. The smallest absolute Gasteiger partial charge is 0.272 e. The monoisotopic (exact) mass is 451 g/mol. The highest BCUT2D eigenvalue weighted by atomic mass is 19.1. The summed E-state index contributed by atoms with van der Waals surface area (Å²) in [6.07, 6.45) is 4.84. The van der Waals surface area contributed by atoms with Gasteiger partial charge in [-0.25, -0.2) is 4.39 Å². The van der Waals surface area contributed by atoms with E-state index in [-0.39, 0.29) is 16.5 Å². The third-order valence-electron chi connectivity index (χ3n) is 5.17. The molecule has 3 aromatic carbocycles. The summed E-state index contributed by atoms with van der Waals surface area (Å²) in [6, 6.07) is 22.0. The Morgan fingerprint density at radius 1 is 0.765 bits per heavy atom. The number of hydrogen-bond acceptors (Lipinski definition) is 4. The Labute approximate surface area is 192 Å². The predicted molar refractivity (Wildman–Crippen MR) is 129 cm³/mol. The van der Waals surface area contributed by atoms with Gasteiger partial charge in [0.05, 0.1) is 5.52 Å². The van der Waals surface area contributed by atoms with Gasteiger partial charge < -0.3 is 14.7 Å². The summed E-state index contributed by atoms with van der Waals surface area (Å²) in [5.74, 6) is 0.634. The second-order valence-electron chi connectivity index (χ2n) is 7.58. The zero-order valence-corrected chi connectivity index (χ0v) is 17.8. The van der Waals surface area contributed by atoms with Crippen LogP contribution in [0.2, 0.25) is 0 Å². The van der Waals surface area contributed by atoms with Crippen LogP contribution in [-0.2, 0) is 0 Å². The molecule has 2 aromatic heterocycles. The van der Waals surface area contributed by atoms with Crippen LogP contribution in [0, 0.1) is 5.82 Å². The molecule has 2 N–H and O–H groups in total. The first kappa shape index (κ1) is 21.1. The first-order valence-corrected chi connectivity index (χ1v) is 10.5. The summed E-state index contributed by atoms with van der Waals surface area (Å²) < 4.78 is 18.8. The Hall–Kier alpha value is -4.78. The molecule has 0 bridgehead atoms. The highest BCUT2D eigenvalue weighted by Gasteiger charge is 2.03. The molecular formula is C27H18FN3O3. The van der Waals surface area contributed by atoms with Crippen molar-refractivity contribution in [1.82, 2.24) is 15.0 Å². The Bertz CT molecular complexity index is 1730. The van der Waals surface area contributed by atoms with Crippen molar-refractivity contribution in [3.8, 4) is 11.5 Å². The van der Waals surface area contributed by atoms with Crippen molar-refractivity contribution < 1.29 is 9.13 Å². The molecule has 0 unspecified atom stereocenters. The van der Waals surface area contributed by atoms with Crippen molar-refractivity contribution in [2.45, 2.75) is 0 Å². The highest BCUT2D eigenvalue weighted by molar-refractivity contribution is 5.86. The van der Waals surface area contributed by atoms with Gasteiger partial charge in [-0.3, -0.25) is 14.6 Å². The van der Waals surface area contributed by atoms with Gasteiger partial charge >= 0.3 is 0 Å². The van der Waals surface area contributed by atoms with Crippen LogP contribution >= 0.6 is 0 Å². The van der Waals surface area contributed by atoms with Gasteiger partial charge in [-0.05, 0) is 60.2 Å². The van der Waals surface area contributed by atoms with Crippen LogP contribution in [-0.4, -0.2) is 15.0 Å². The summed E-state index contributed by atoms with van der Waals surface area (Å²) in [5, 5.41) is 1.17. The average Bonchev–Trinajstić information content (AvgIpc) is 2.84. The van der Waals surface area contributed by atoms with Crippen LogP contribution in [0.15, 0.2) is 94.6 Å². The molecular weight excluding hydrogens is 433 g/mol. The third-order valence-corrected chi connectivity index (χ3v) is 5.17. The lowest BCUT2D eigenvalue weighted by Crippen LogP contribution is -2.46. The number of pyridine rings is 1. The molecule has 5 aromatic rings. The molecule has 0 amide bonds. The fourth-order valence-corrected chi connectivity index (χ4v) is 3.57. The van der Waals surface area contributed by atoms with Crippen molar-refractivity contribution >= 4 is 23.1 Å². The van der Waals surface area contributed by atoms with Gasteiger partial charge in [0.15, 0.2) is 0 Å². The molecule has 6 nitrogen and oxygen atoms in total. The first-order valence-electron chi connectivity index (χ1n) is 10.5. The quantitative estimate of drug-likeness (QED) is 0.439. The SMILES string of the molecule is O=c1[nH]/c(=C\c2cccc3cccnc23)c(=O)[nH]/c1=C\c1cccc(Oc2ccc(F)cc2)c1. The van der Waals surface area contributed by atoms with E-state index in [0.29, 0.717) is 17.1 Å². The van der Waals surface area contributed by atoms with Crippen LogP contribution in [0.1, 0.15) is 11.1 Å². The van der Waals surface area contributed by atoms with Crippen molar-refractivity contribution in [1.29, 1.82) is 0 Å². The van der Waals surface area contributed by atoms with Gasteiger partial charge in [0.2, 0.25) is 0 Å². The number of aromatic nitrogens is 3. The normalized spacial score (nSPS) is 12.3. The molecule has 2 heterocycles. The van der Waals surface area contributed by atoms with Crippen molar-refractivity contribution in [3.05, 3.63) is 133 Å². The van der Waals surface area contributed by atoms with Gasteiger partial charge in [0.1, 0.15) is 28.0 Å². The second-order valence-corrected chi connectivity index (χ2v) is 7.58. The Kier molecular flexibility index (Phi) is 5.58. The van der Waals surface area contributed by atoms with Gasteiger partial charge in [-0.15, -0.1) is 0 Å². The largest absolute Gasteiger partial charge is 0.457 e.